The summed E-state index contributed by atoms with van der Waals surface area (Å²) in [4.78, 5) is 40.8. The maximum atomic E-state index is 13.9. The van der Waals surface area contributed by atoms with Crippen LogP contribution in [0.5, 0.6) is 6.01 Å². The van der Waals surface area contributed by atoms with Gasteiger partial charge in [0.2, 0.25) is 5.78 Å². The first-order valence-electron chi connectivity index (χ1n) is 14.1. The Morgan fingerprint density at radius 1 is 1.14 bits per heavy atom. The van der Waals surface area contributed by atoms with Crippen molar-refractivity contribution in [2.75, 3.05) is 38.2 Å². The van der Waals surface area contributed by atoms with E-state index in [1.54, 1.807) is 6.07 Å². The van der Waals surface area contributed by atoms with Crippen molar-refractivity contribution in [1.29, 1.82) is 0 Å². The largest absolute Gasteiger partial charge is 0.462 e. The second kappa shape index (κ2) is 10.7. The molecule has 4 aliphatic rings. The summed E-state index contributed by atoms with van der Waals surface area (Å²) >= 11 is 0. The van der Waals surface area contributed by atoms with Gasteiger partial charge in [0.1, 0.15) is 23.9 Å². The third kappa shape index (κ3) is 5.25. The summed E-state index contributed by atoms with van der Waals surface area (Å²) in [6.07, 6.45) is 7.50. The number of nitrogens with zero attached hydrogens (tertiary/aromatic N) is 4. The lowest BCUT2D eigenvalue weighted by atomic mass is 9.64. The molecule has 2 saturated heterocycles. The molecule has 1 aromatic rings. The molecule has 0 aromatic carbocycles. The number of rotatable bonds is 6. The highest BCUT2D eigenvalue weighted by Crippen LogP contribution is 2.47. The van der Waals surface area contributed by atoms with Crippen molar-refractivity contribution in [2.24, 2.45) is 11.1 Å². The van der Waals surface area contributed by atoms with Crippen LogP contribution in [0.4, 0.5) is 5.82 Å². The van der Waals surface area contributed by atoms with Gasteiger partial charge < -0.3 is 25.6 Å². The molecule has 202 valence electrons. The number of allylic oxidation sites excluding steroid dienone is 2. The molecule has 2 aliphatic carbocycles. The fourth-order valence-electron chi connectivity index (χ4n) is 6.79. The summed E-state index contributed by atoms with van der Waals surface area (Å²) < 4.78 is 6.12. The Hall–Kier alpha value is -2.52. The van der Waals surface area contributed by atoms with Crippen LogP contribution in [0.15, 0.2) is 17.3 Å². The van der Waals surface area contributed by atoms with Crippen molar-refractivity contribution in [2.45, 2.75) is 89.8 Å². The summed E-state index contributed by atoms with van der Waals surface area (Å²) in [6, 6.07) is 2.93. The number of aromatic nitrogens is 2. The Morgan fingerprint density at radius 2 is 1.89 bits per heavy atom. The Balaban J connectivity index is 1.48. The molecule has 5 rings (SSSR count). The van der Waals surface area contributed by atoms with Gasteiger partial charge in [-0.15, -0.1) is 0 Å². The number of likely N-dealkylation sites (tertiary alicyclic amines) is 1. The Kier molecular flexibility index (Phi) is 7.54. The van der Waals surface area contributed by atoms with Crippen LogP contribution in [0, 0.1) is 5.41 Å². The Labute approximate surface area is 220 Å². The van der Waals surface area contributed by atoms with Crippen molar-refractivity contribution < 1.29 is 14.3 Å². The van der Waals surface area contributed by atoms with E-state index in [-0.39, 0.29) is 17.6 Å². The van der Waals surface area contributed by atoms with Gasteiger partial charge >= 0.3 is 6.01 Å². The number of hydrogen-bond donors (Lipinski definition) is 2. The highest BCUT2D eigenvalue weighted by atomic mass is 16.5. The number of nitrogens with one attached hydrogen (secondary N) is 1. The topological polar surface area (TPSA) is 114 Å². The molecule has 0 bridgehead atoms. The smallest absolute Gasteiger partial charge is 0.319 e. The first-order chi connectivity index (χ1) is 17.8. The summed E-state index contributed by atoms with van der Waals surface area (Å²) in [5.74, 6) is 0.697. The number of anilines is 1. The van der Waals surface area contributed by atoms with Crippen LogP contribution in [0.3, 0.4) is 0 Å². The van der Waals surface area contributed by atoms with Crippen LogP contribution in [-0.4, -0.2) is 77.8 Å². The maximum Gasteiger partial charge on any atom is 0.319 e. The number of ether oxygens (including phenoxy) is 1. The van der Waals surface area contributed by atoms with Gasteiger partial charge in [-0.2, -0.15) is 9.97 Å². The number of carbonyl (C=O) groups excluding carboxylic acids is 2. The molecule has 37 heavy (non-hydrogen) atoms. The molecule has 0 radical (unpaired) electrons. The fourth-order valence-corrected chi connectivity index (χ4v) is 6.79. The van der Waals surface area contributed by atoms with Crippen LogP contribution in [-0.2, 0) is 4.79 Å². The SMILES string of the molecule is C[C@H]1CN(c2cc(C(=O)C3=C(N)[C@]4(CCCCC4=O)CCC3)nc(OC[C@@H]3CCCN3C)n2)C[C@H](C)N1. The zero-order chi connectivity index (χ0) is 26.2. The molecule has 3 heterocycles. The van der Waals surface area contributed by atoms with E-state index in [4.69, 9.17) is 15.5 Å². The van der Waals surface area contributed by atoms with Crippen molar-refractivity contribution in [3.63, 3.8) is 0 Å². The molecule has 0 amide bonds. The van der Waals surface area contributed by atoms with E-state index in [0.29, 0.717) is 60.4 Å². The molecular formula is C28H42N6O3. The summed E-state index contributed by atoms with van der Waals surface area (Å²) in [5.41, 5.74) is 7.33. The van der Waals surface area contributed by atoms with Gasteiger partial charge in [-0.05, 0) is 72.4 Å². The zero-order valence-corrected chi connectivity index (χ0v) is 22.6. The fraction of sp³-hybridized carbons (Fsp3) is 0.714. The molecule has 1 aromatic heterocycles. The van der Waals surface area contributed by atoms with Crippen LogP contribution in [0.25, 0.3) is 0 Å². The lowest BCUT2D eigenvalue weighted by Crippen LogP contribution is -2.54. The predicted molar refractivity (Wildman–Crippen MR) is 143 cm³/mol. The van der Waals surface area contributed by atoms with E-state index >= 15 is 0 Å². The third-order valence-corrected chi connectivity index (χ3v) is 8.82. The second-order valence-corrected chi connectivity index (χ2v) is 11.6. The average molecular weight is 511 g/mol. The van der Waals surface area contributed by atoms with Gasteiger partial charge in [0.05, 0.1) is 5.41 Å². The monoisotopic (exact) mass is 510 g/mol. The van der Waals surface area contributed by atoms with E-state index in [1.165, 1.54) is 0 Å². The Morgan fingerprint density at radius 3 is 2.59 bits per heavy atom. The molecule has 1 spiro atoms. The molecule has 9 heteroatoms. The first kappa shape index (κ1) is 26.1. The van der Waals surface area contributed by atoms with Crippen LogP contribution in [0.1, 0.15) is 82.1 Å². The Bertz CT molecular complexity index is 1060. The van der Waals surface area contributed by atoms with Crippen molar-refractivity contribution >= 4 is 17.4 Å². The normalized spacial score (nSPS) is 31.3. The lowest BCUT2D eigenvalue weighted by molar-refractivity contribution is -0.129. The van der Waals surface area contributed by atoms with E-state index in [0.717, 1.165) is 64.6 Å². The number of hydrogen-bond acceptors (Lipinski definition) is 9. The van der Waals surface area contributed by atoms with E-state index in [9.17, 15) is 9.59 Å². The number of nitrogens with two attached hydrogens (primary N) is 1. The molecule has 3 fully saturated rings. The van der Waals surface area contributed by atoms with Gasteiger partial charge in [0, 0.05) is 55.0 Å². The average Bonchev–Trinajstić information content (AvgIpc) is 3.29. The van der Waals surface area contributed by atoms with Gasteiger partial charge in [0.15, 0.2) is 0 Å². The minimum Gasteiger partial charge on any atom is -0.462 e. The van der Waals surface area contributed by atoms with Crippen LogP contribution >= 0.6 is 0 Å². The number of carbonyl (C=O) groups is 2. The third-order valence-electron chi connectivity index (χ3n) is 8.82. The van der Waals surface area contributed by atoms with E-state index < -0.39 is 5.41 Å². The molecule has 3 N–H and O–H groups in total. The summed E-state index contributed by atoms with van der Waals surface area (Å²) in [7, 11) is 2.11. The number of likely N-dealkylation sites (N-methyl/N-ethyl adjacent to an activating group) is 1. The van der Waals surface area contributed by atoms with Crippen LogP contribution in [0.2, 0.25) is 0 Å². The van der Waals surface area contributed by atoms with Crippen molar-refractivity contribution in [3.05, 3.63) is 23.0 Å². The van der Waals surface area contributed by atoms with Crippen LogP contribution < -0.4 is 20.7 Å². The van der Waals surface area contributed by atoms with E-state index in [2.05, 4.69) is 41.0 Å². The number of ketones is 2. The maximum absolute atomic E-state index is 13.9. The molecule has 9 nitrogen and oxygen atoms in total. The zero-order valence-electron chi connectivity index (χ0n) is 22.6. The number of piperazine rings is 1. The summed E-state index contributed by atoms with van der Waals surface area (Å²) in [5, 5.41) is 3.55. The molecule has 2 aliphatic heterocycles. The lowest BCUT2D eigenvalue weighted by Gasteiger charge is -2.40. The van der Waals surface area contributed by atoms with E-state index in [1.807, 2.05) is 0 Å². The van der Waals surface area contributed by atoms with Crippen molar-refractivity contribution in [1.82, 2.24) is 20.2 Å². The van der Waals surface area contributed by atoms with Gasteiger partial charge in [-0.1, -0.05) is 6.42 Å². The van der Waals surface area contributed by atoms with Gasteiger partial charge in [-0.3, -0.25) is 9.59 Å². The minimum atomic E-state index is -0.673. The summed E-state index contributed by atoms with van der Waals surface area (Å²) in [6.45, 7) is 7.41. The molecular weight excluding hydrogens is 468 g/mol. The molecule has 4 atom stereocenters. The highest BCUT2D eigenvalue weighted by Gasteiger charge is 2.46. The first-order valence-corrected chi connectivity index (χ1v) is 14.1. The number of Topliss-reactive ketones (excluding diaryl/α,β-unsaturated/α-hetero) is 2. The minimum absolute atomic E-state index is 0.193. The van der Waals surface area contributed by atoms with Gasteiger partial charge in [-0.25, -0.2) is 0 Å². The highest BCUT2D eigenvalue weighted by molar-refractivity contribution is 6.09. The molecule has 1 saturated carbocycles. The predicted octanol–water partition coefficient (Wildman–Crippen LogP) is 2.85. The van der Waals surface area contributed by atoms with Crippen molar-refractivity contribution in [3.8, 4) is 6.01 Å². The standard InChI is InChI=1S/C28H42N6O3/c1-18-15-34(16-19(2)30-18)24-14-22(31-27(32-24)37-17-20-8-7-13-33(20)3)25(36)21-9-6-12-28(26(21)29)11-5-4-10-23(28)35/h14,18-20,30H,4-13,15-17,29H2,1-3H3/t18-,19-,20-,28+/m0/s1. The van der Waals surface area contributed by atoms with Gasteiger partial charge in [0.25, 0.3) is 0 Å². The quantitative estimate of drug-likeness (QED) is 0.558. The second-order valence-electron chi connectivity index (χ2n) is 11.6. The molecule has 0 unspecified atom stereocenters.